The van der Waals surface area contributed by atoms with Crippen molar-refractivity contribution in [2.24, 2.45) is 0 Å². The van der Waals surface area contributed by atoms with Crippen molar-refractivity contribution in [2.45, 2.75) is 19.9 Å². The average Bonchev–Trinajstić information content (AvgIpc) is 2.25. The number of hydrogen-bond donors (Lipinski definition) is 3. The van der Waals surface area contributed by atoms with E-state index in [1.165, 1.54) is 0 Å². The number of aliphatic carboxylic acids is 1. The van der Waals surface area contributed by atoms with E-state index in [9.17, 15) is 4.79 Å². The molecule has 1 rings (SSSR count). The minimum atomic E-state index is -0.929. The summed E-state index contributed by atoms with van der Waals surface area (Å²) >= 11 is 0. The molecule has 1 heterocycles. The molecular formula is C11H16N4O2. The molecule has 0 aliphatic carbocycles. The molecule has 0 spiro atoms. The SMILES string of the molecule is C=CCNc1cc(NC(C)C(=O)O)nc(C)n1. The Morgan fingerprint density at radius 3 is 2.82 bits per heavy atom. The van der Waals surface area contributed by atoms with Crippen molar-refractivity contribution in [1.82, 2.24) is 9.97 Å². The van der Waals surface area contributed by atoms with E-state index in [-0.39, 0.29) is 0 Å². The standard InChI is InChI=1S/C11H16N4O2/c1-4-5-12-9-6-10(15-8(3)14-9)13-7(2)11(16)17/h4,6-7H,1,5H2,2-3H3,(H,16,17)(H2,12,13,14,15). The summed E-state index contributed by atoms with van der Waals surface area (Å²) in [5, 5.41) is 14.6. The normalized spacial score (nSPS) is 11.6. The van der Waals surface area contributed by atoms with Crippen LogP contribution in [0.1, 0.15) is 12.7 Å². The summed E-state index contributed by atoms with van der Waals surface area (Å²) in [6.07, 6.45) is 1.71. The van der Waals surface area contributed by atoms with Crippen LogP contribution in [-0.4, -0.2) is 33.6 Å². The number of carboxylic acid groups (broad SMARTS) is 1. The van der Waals surface area contributed by atoms with Gasteiger partial charge >= 0.3 is 5.97 Å². The number of nitrogens with zero attached hydrogens (tertiary/aromatic N) is 2. The number of aryl methyl sites for hydroxylation is 1. The molecule has 1 aromatic heterocycles. The lowest BCUT2D eigenvalue weighted by Gasteiger charge is -2.11. The van der Waals surface area contributed by atoms with Crippen LogP contribution < -0.4 is 10.6 Å². The first kappa shape index (κ1) is 13.0. The molecule has 0 radical (unpaired) electrons. The highest BCUT2D eigenvalue weighted by Gasteiger charge is 2.11. The summed E-state index contributed by atoms with van der Waals surface area (Å²) in [7, 11) is 0. The molecule has 0 fully saturated rings. The molecule has 0 aliphatic heterocycles. The van der Waals surface area contributed by atoms with Crippen LogP contribution in [0.25, 0.3) is 0 Å². The molecule has 0 aromatic carbocycles. The number of aromatic nitrogens is 2. The Balaban J connectivity index is 2.81. The van der Waals surface area contributed by atoms with Gasteiger partial charge in [-0.3, -0.25) is 4.79 Å². The van der Waals surface area contributed by atoms with Crippen LogP contribution in [0.15, 0.2) is 18.7 Å². The quantitative estimate of drug-likeness (QED) is 0.645. The van der Waals surface area contributed by atoms with Crippen molar-refractivity contribution < 1.29 is 9.90 Å². The number of carboxylic acids is 1. The third-order valence-electron chi connectivity index (χ3n) is 2.00. The summed E-state index contributed by atoms with van der Waals surface area (Å²) in [4.78, 5) is 19.0. The Kier molecular flexibility index (Phi) is 4.45. The van der Waals surface area contributed by atoms with Gasteiger partial charge in [0, 0.05) is 12.6 Å². The van der Waals surface area contributed by atoms with Gasteiger partial charge in [-0.25, -0.2) is 9.97 Å². The van der Waals surface area contributed by atoms with E-state index in [2.05, 4.69) is 27.2 Å². The van der Waals surface area contributed by atoms with Crippen LogP contribution in [0.2, 0.25) is 0 Å². The van der Waals surface area contributed by atoms with E-state index < -0.39 is 12.0 Å². The molecule has 1 unspecified atom stereocenters. The molecule has 17 heavy (non-hydrogen) atoms. The second-order valence-electron chi connectivity index (χ2n) is 3.56. The van der Waals surface area contributed by atoms with Gasteiger partial charge in [-0.1, -0.05) is 6.08 Å². The summed E-state index contributed by atoms with van der Waals surface area (Å²) in [6.45, 7) is 7.48. The second-order valence-corrected chi connectivity index (χ2v) is 3.56. The van der Waals surface area contributed by atoms with E-state index in [0.717, 1.165) is 0 Å². The molecular weight excluding hydrogens is 220 g/mol. The third kappa shape index (κ3) is 4.10. The zero-order valence-electron chi connectivity index (χ0n) is 9.90. The van der Waals surface area contributed by atoms with Crippen LogP contribution in [0, 0.1) is 6.92 Å². The molecule has 0 bridgehead atoms. The van der Waals surface area contributed by atoms with Gasteiger partial charge in [0.15, 0.2) is 0 Å². The van der Waals surface area contributed by atoms with E-state index in [1.54, 1.807) is 26.0 Å². The lowest BCUT2D eigenvalue weighted by atomic mass is 10.3. The largest absolute Gasteiger partial charge is 0.480 e. The van der Waals surface area contributed by atoms with Crippen molar-refractivity contribution >= 4 is 17.6 Å². The number of rotatable bonds is 6. The number of anilines is 2. The second kappa shape index (κ2) is 5.83. The van der Waals surface area contributed by atoms with E-state index >= 15 is 0 Å². The number of hydrogen-bond acceptors (Lipinski definition) is 5. The van der Waals surface area contributed by atoms with Gasteiger partial charge in [0.25, 0.3) is 0 Å². The van der Waals surface area contributed by atoms with Crippen LogP contribution in [-0.2, 0) is 4.79 Å². The summed E-state index contributed by atoms with van der Waals surface area (Å²) < 4.78 is 0. The van der Waals surface area contributed by atoms with Crippen molar-refractivity contribution in [1.29, 1.82) is 0 Å². The van der Waals surface area contributed by atoms with Crippen molar-refractivity contribution in [2.75, 3.05) is 17.2 Å². The number of nitrogens with one attached hydrogen (secondary N) is 2. The molecule has 6 nitrogen and oxygen atoms in total. The zero-order valence-corrected chi connectivity index (χ0v) is 9.90. The van der Waals surface area contributed by atoms with Gasteiger partial charge < -0.3 is 15.7 Å². The zero-order chi connectivity index (χ0) is 12.8. The van der Waals surface area contributed by atoms with Gasteiger partial charge in [0.1, 0.15) is 23.5 Å². The fourth-order valence-electron chi connectivity index (χ4n) is 1.19. The first-order chi connectivity index (χ1) is 8.02. The summed E-state index contributed by atoms with van der Waals surface area (Å²) in [5.41, 5.74) is 0. The maximum Gasteiger partial charge on any atom is 0.325 e. The first-order valence-corrected chi connectivity index (χ1v) is 5.22. The molecule has 92 valence electrons. The van der Waals surface area contributed by atoms with E-state index in [0.29, 0.717) is 24.0 Å². The average molecular weight is 236 g/mol. The Morgan fingerprint density at radius 1 is 1.59 bits per heavy atom. The Labute approximate surface area is 99.8 Å². The van der Waals surface area contributed by atoms with Gasteiger partial charge in [0.2, 0.25) is 0 Å². The predicted molar refractivity (Wildman–Crippen MR) is 66.2 cm³/mol. The third-order valence-corrected chi connectivity index (χ3v) is 2.00. The maximum atomic E-state index is 10.7. The van der Waals surface area contributed by atoms with Gasteiger partial charge in [-0.2, -0.15) is 0 Å². The lowest BCUT2D eigenvalue weighted by molar-refractivity contribution is -0.137. The van der Waals surface area contributed by atoms with Crippen LogP contribution >= 0.6 is 0 Å². The molecule has 0 saturated carbocycles. The first-order valence-electron chi connectivity index (χ1n) is 5.22. The minimum absolute atomic E-state index is 0.485. The fraction of sp³-hybridized carbons (Fsp3) is 0.364. The summed E-state index contributed by atoms with van der Waals surface area (Å²) in [6, 6.07) is 0.965. The fourth-order valence-corrected chi connectivity index (χ4v) is 1.19. The Morgan fingerprint density at radius 2 is 2.24 bits per heavy atom. The van der Waals surface area contributed by atoms with Gasteiger partial charge in [-0.05, 0) is 13.8 Å². The maximum absolute atomic E-state index is 10.7. The van der Waals surface area contributed by atoms with Crippen molar-refractivity contribution in [3.63, 3.8) is 0 Å². The van der Waals surface area contributed by atoms with E-state index in [4.69, 9.17) is 5.11 Å². The molecule has 1 aromatic rings. The van der Waals surface area contributed by atoms with Crippen LogP contribution in [0.3, 0.4) is 0 Å². The lowest BCUT2D eigenvalue weighted by Crippen LogP contribution is -2.26. The molecule has 0 amide bonds. The van der Waals surface area contributed by atoms with E-state index in [1.807, 2.05) is 0 Å². The van der Waals surface area contributed by atoms with Crippen LogP contribution in [0.4, 0.5) is 11.6 Å². The van der Waals surface area contributed by atoms with Gasteiger partial charge in [0.05, 0.1) is 0 Å². The van der Waals surface area contributed by atoms with Crippen molar-refractivity contribution in [3.8, 4) is 0 Å². The predicted octanol–water partition coefficient (Wildman–Crippen LogP) is 1.27. The molecule has 6 heteroatoms. The van der Waals surface area contributed by atoms with Crippen molar-refractivity contribution in [3.05, 3.63) is 24.5 Å². The van der Waals surface area contributed by atoms with Gasteiger partial charge in [-0.15, -0.1) is 6.58 Å². The molecule has 3 N–H and O–H groups in total. The minimum Gasteiger partial charge on any atom is -0.480 e. The molecule has 1 atom stereocenters. The smallest absolute Gasteiger partial charge is 0.325 e. The highest BCUT2D eigenvalue weighted by molar-refractivity contribution is 5.76. The Hall–Kier alpha value is -2.11. The molecule has 0 saturated heterocycles. The highest BCUT2D eigenvalue weighted by Crippen LogP contribution is 2.11. The van der Waals surface area contributed by atoms with Crippen LogP contribution in [0.5, 0.6) is 0 Å². The highest BCUT2D eigenvalue weighted by atomic mass is 16.4. The molecule has 0 aliphatic rings. The topological polar surface area (TPSA) is 87.1 Å². The Bertz CT molecular complexity index is 420. The number of carbonyl (C=O) groups is 1. The summed E-state index contributed by atoms with van der Waals surface area (Å²) in [5.74, 6) is 0.762. The monoisotopic (exact) mass is 236 g/mol.